The summed E-state index contributed by atoms with van der Waals surface area (Å²) in [6.45, 7) is 6.80. The highest BCUT2D eigenvalue weighted by molar-refractivity contribution is 7.19. The Hall–Kier alpha value is -3.38. The van der Waals surface area contributed by atoms with E-state index in [4.69, 9.17) is 4.74 Å². The molecule has 1 aliphatic rings. The van der Waals surface area contributed by atoms with Crippen LogP contribution >= 0.6 is 11.3 Å². The fourth-order valence-electron chi connectivity index (χ4n) is 3.62. The first-order chi connectivity index (χ1) is 16.6. The number of hydrogen-bond acceptors (Lipinski definition) is 7. The number of nitrogens with zero attached hydrogens (tertiary/aromatic N) is 3. The number of halogens is 2. The van der Waals surface area contributed by atoms with Crippen LogP contribution in [0.4, 0.5) is 24.3 Å². The van der Waals surface area contributed by atoms with Gasteiger partial charge in [-0.15, -0.1) is 0 Å². The molecule has 3 N–H and O–H groups in total. The molecule has 1 saturated heterocycles. The fourth-order valence-corrected chi connectivity index (χ4v) is 4.61. The van der Waals surface area contributed by atoms with E-state index in [0.29, 0.717) is 5.69 Å². The average molecular weight is 505 g/mol. The predicted molar refractivity (Wildman–Crippen MR) is 129 cm³/mol. The molecule has 3 heterocycles. The number of anilines is 2. The minimum atomic E-state index is -0.836. The Balaban J connectivity index is 1.61. The normalized spacial score (nSPS) is 16.1. The fraction of sp³-hybridized carbons (Fsp3) is 0.391. The quantitative estimate of drug-likeness (QED) is 0.460. The zero-order chi connectivity index (χ0) is 25.2. The molecule has 2 aromatic heterocycles. The lowest BCUT2D eigenvalue weighted by molar-refractivity contribution is 0.0636. The van der Waals surface area contributed by atoms with Gasteiger partial charge in [-0.1, -0.05) is 17.4 Å². The SMILES string of the molecule is CC(C)(C)OC(=O)Nc1sc(-c2c(F)cccc2F)nc1C(=O)Nc1cnn(C2CCCNC2)c1. The van der Waals surface area contributed by atoms with Crippen molar-refractivity contribution in [2.45, 2.75) is 45.3 Å². The van der Waals surface area contributed by atoms with Crippen molar-refractivity contribution in [3.63, 3.8) is 0 Å². The molecule has 1 aliphatic heterocycles. The molecule has 0 bridgehead atoms. The van der Waals surface area contributed by atoms with E-state index >= 15 is 0 Å². The number of ether oxygens (including phenoxy) is 1. The van der Waals surface area contributed by atoms with Crippen LogP contribution in [0.25, 0.3) is 10.6 Å². The van der Waals surface area contributed by atoms with Crippen molar-refractivity contribution < 1.29 is 23.1 Å². The number of piperidine rings is 1. The standard InChI is InChI=1S/C23H26F2N6O3S/c1-23(2,3)34-22(33)30-21-18(29-20(35-21)17-15(24)7-4-8-16(17)25)19(32)28-13-10-27-31(12-13)14-6-5-9-26-11-14/h4,7-8,10,12,14,26H,5-6,9,11H2,1-3H3,(H,28,32)(H,30,33). The molecule has 0 spiro atoms. The highest BCUT2D eigenvalue weighted by atomic mass is 32.1. The summed E-state index contributed by atoms with van der Waals surface area (Å²) in [6, 6.07) is 3.59. The number of carbonyl (C=O) groups is 2. The van der Waals surface area contributed by atoms with Gasteiger partial charge in [-0.05, 0) is 52.3 Å². The number of thiazole rings is 1. The van der Waals surface area contributed by atoms with E-state index in [1.165, 1.54) is 12.3 Å². The first kappa shape index (κ1) is 24.7. The van der Waals surface area contributed by atoms with Crippen LogP contribution in [0.2, 0.25) is 0 Å². The lowest BCUT2D eigenvalue weighted by Gasteiger charge is -2.22. The first-order valence-corrected chi connectivity index (χ1v) is 11.9. The molecule has 2 amide bonds. The molecular formula is C23H26F2N6O3S. The van der Waals surface area contributed by atoms with Gasteiger partial charge in [0.25, 0.3) is 5.91 Å². The summed E-state index contributed by atoms with van der Waals surface area (Å²) in [5.41, 5.74) is -0.956. The largest absolute Gasteiger partial charge is 0.444 e. The number of nitrogens with one attached hydrogen (secondary N) is 3. The summed E-state index contributed by atoms with van der Waals surface area (Å²) in [5.74, 6) is -2.34. The maximum atomic E-state index is 14.4. The second-order valence-electron chi connectivity index (χ2n) is 9.08. The Labute approximate surface area is 204 Å². The molecule has 1 fully saturated rings. The highest BCUT2D eigenvalue weighted by Gasteiger charge is 2.26. The lowest BCUT2D eigenvalue weighted by atomic mass is 10.1. The molecule has 1 unspecified atom stereocenters. The zero-order valence-electron chi connectivity index (χ0n) is 19.5. The van der Waals surface area contributed by atoms with E-state index in [0.717, 1.165) is 49.4 Å². The van der Waals surface area contributed by atoms with Gasteiger partial charge in [0.1, 0.15) is 27.2 Å². The van der Waals surface area contributed by atoms with Crippen molar-refractivity contribution in [3.8, 4) is 10.6 Å². The predicted octanol–water partition coefficient (Wildman–Crippen LogP) is 4.81. The molecule has 12 heteroatoms. The Morgan fingerprint density at radius 3 is 2.63 bits per heavy atom. The smallest absolute Gasteiger partial charge is 0.412 e. The van der Waals surface area contributed by atoms with Crippen molar-refractivity contribution in [2.24, 2.45) is 0 Å². The Bertz CT molecular complexity index is 1210. The molecule has 186 valence electrons. The molecule has 0 saturated carbocycles. The summed E-state index contributed by atoms with van der Waals surface area (Å²) < 4.78 is 35.8. The first-order valence-electron chi connectivity index (χ1n) is 11.1. The topological polar surface area (TPSA) is 110 Å². The minimum Gasteiger partial charge on any atom is -0.444 e. The van der Waals surface area contributed by atoms with Crippen LogP contribution in [-0.4, -0.2) is 45.5 Å². The van der Waals surface area contributed by atoms with Gasteiger partial charge in [0, 0.05) is 12.7 Å². The third-order valence-corrected chi connectivity index (χ3v) is 6.13. The second kappa shape index (κ2) is 10.1. The van der Waals surface area contributed by atoms with E-state index in [2.05, 4.69) is 26.0 Å². The van der Waals surface area contributed by atoms with Crippen LogP contribution in [0.1, 0.15) is 50.1 Å². The highest BCUT2D eigenvalue weighted by Crippen LogP contribution is 2.35. The van der Waals surface area contributed by atoms with E-state index in [-0.39, 0.29) is 27.3 Å². The van der Waals surface area contributed by atoms with Crippen LogP contribution in [0, 0.1) is 11.6 Å². The molecule has 0 aliphatic carbocycles. The number of hydrogen-bond donors (Lipinski definition) is 3. The average Bonchev–Trinajstić information content (AvgIpc) is 3.40. The summed E-state index contributed by atoms with van der Waals surface area (Å²) in [4.78, 5) is 29.6. The molecule has 1 aromatic carbocycles. The van der Waals surface area contributed by atoms with Gasteiger partial charge in [0.15, 0.2) is 5.69 Å². The third kappa shape index (κ3) is 6.01. The number of carbonyl (C=O) groups excluding carboxylic acids is 2. The summed E-state index contributed by atoms with van der Waals surface area (Å²) in [6.07, 6.45) is 4.39. The van der Waals surface area contributed by atoms with Crippen molar-refractivity contribution in [1.82, 2.24) is 20.1 Å². The minimum absolute atomic E-state index is 0.00160. The van der Waals surface area contributed by atoms with Gasteiger partial charge in [0.2, 0.25) is 0 Å². The van der Waals surface area contributed by atoms with Gasteiger partial charge < -0.3 is 15.4 Å². The molecule has 35 heavy (non-hydrogen) atoms. The van der Waals surface area contributed by atoms with Crippen molar-refractivity contribution in [1.29, 1.82) is 0 Å². The molecule has 9 nitrogen and oxygen atoms in total. The van der Waals surface area contributed by atoms with Crippen LogP contribution in [0.15, 0.2) is 30.6 Å². The van der Waals surface area contributed by atoms with Crippen LogP contribution in [0.3, 0.4) is 0 Å². The number of rotatable bonds is 5. The second-order valence-corrected chi connectivity index (χ2v) is 10.1. The molecule has 3 aromatic rings. The van der Waals surface area contributed by atoms with E-state index in [9.17, 15) is 18.4 Å². The van der Waals surface area contributed by atoms with Gasteiger partial charge in [-0.3, -0.25) is 14.8 Å². The van der Waals surface area contributed by atoms with Crippen molar-refractivity contribution >= 4 is 34.0 Å². The third-order valence-electron chi connectivity index (χ3n) is 5.14. The van der Waals surface area contributed by atoms with Gasteiger partial charge in [-0.25, -0.2) is 18.6 Å². The van der Waals surface area contributed by atoms with E-state index < -0.39 is 29.2 Å². The van der Waals surface area contributed by atoms with Gasteiger partial charge in [-0.2, -0.15) is 5.10 Å². The van der Waals surface area contributed by atoms with Crippen LogP contribution in [0.5, 0.6) is 0 Å². The van der Waals surface area contributed by atoms with Gasteiger partial charge in [0.05, 0.1) is 23.5 Å². The van der Waals surface area contributed by atoms with Crippen molar-refractivity contribution in [3.05, 3.63) is 47.9 Å². The van der Waals surface area contributed by atoms with Crippen LogP contribution < -0.4 is 16.0 Å². The maximum absolute atomic E-state index is 14.4. The Morgan fingerprint density at radius 2 is 1.97 bits per heavy atom. The van der Waals surface area contributed by atoms with Gasteiger partial charge >= 0.3 is 6.09 Å². The summed E-state index contributed by atoms with van der Waals surface area (Å²) in [5, 5.41) is 12.7. The Morgan fingerprint density at radius 1 is 1.23 bits per heavy atom. The molecule has 0 radical (unpaired) electrons. The van der Waals surface area contributed by atoms with E-state index in [1.807, 2.05) is 0 Å². The summed E-state index contributed by atoms with van der Waals surface area (Å²) >= 11 is 0.769. The number of amides is 2. The van der Waals surface area contributed by atoms with Crippen molar-refractivity contribution in [2.75, 3.05) is 23.7 Å². The van der Waals surface area contributed by atoms with Crippen LogP contribution in [-0.2, 0) is 4.74 Å². The number of aromatic nitrogens is 3. The summed E-state index contributed by atoms with van der Waals surface area (Å²) in [7, 11) is 0. The maximum Gasteiger partial charge on any atom is 0.412 e. The lowest BCUT2D eigenvalue weighted by Crippen LogP contribution is -2.31. The zero-order valence-corrected chi connectivity index (χ0v) is 20.3. The molecule has 4 rings (SSSR count). The molecule has 1 atom stereocenters. The van der Waals surface area contributed by atoms with E-state index in [1.54, 1.807) is 31.6 Å². The Kier molecular flexibility index (Phi) is 7.13. The molecular weight excluding hydrogens is 478 g/mol. The number of benzene rings is 1. The monoisotopic (exact) mass is 504 g/mol.